The molecule has 0 aliphatic heterocycles. The van der Waals surface area contributed by atoms with Crippen LogP contribution in [0.5, 0.6) is 11.5 Å². The summed E-state index contributed by atoms with van der Waals surface area (Å²) in [5.74, 6) is 0.421. The largest absolute Gasteiger partial charge is 0.508 e. The van der Waals surface area contributed by atoms with Crippen molar-refractivity contribution in [2.45, 2.75) is 26.7 Å². The summed E-state index contributed by atoms with van der Waals surface area (Å²) in [5, 5.41) is 22.2. The van der Waals surface area contributed by atoms with Crippen molar-refractivity contribution in [3.05, 3.63) is 89.5 Å². The van der Waals surface area contributed by atoms with E-state index in [1.54, 1.807) is 24.3 Å². The minimum absolute atomic E-state index is 0.0228. The van der Waals surface area contributed by atoms with Crippen molar-refractivity contribution in [1.29, 1.82) is 0 Å². The van der Waals surface area contributed by atoms with Crippen molar-refractivity contribution >= 4 is 22.7 Å². The molecular formula is C25H25NO3. The molecule has 148 valence electrons. The van der Waals surface area contributed by atoms with Crippen LogP contribution in [0.3, 0.4) is 0 Å². The molecule has 1 amide bonds. The van der Waals surface area contributed by atoms with Gasteiger partial charge in [0.2, 0.25) is 5.91 Å². The Bertz CT molecular complexity index is 1000. The lowest BCUT2D eigenvalue weighted by Crippen LogP contribution is -2.09. The highest BCUT2D eigenvalue weighted by molar-refractivity contribution is 5.99. The molecular weight excluding hydrogens is 362 g/mol. The SMILES string of the molecule is CCC(=O)Nc1ccc(/C(=C(/CC)c2ccc(O)cc2)c2ccc(O)cc2)cc1. The molecule has 4 nitrogen and oxygen atoms in total. The first kappa shape index (κ1) is 20.2. The van der Waals surface area contributed by atoms with E-state index in [0.717, 1.165) is 39.9 Å². The monoisotopic (exact) mass is 387 g/mol. The van der Waals surface area contributed by atoms with Gasteiger partial charge < -0.3 is 15.5 Å². The second-order valence-electron chi connectivity index (χ2n) is 6.78. The van der Waals surface area contributed by atoms with E-state index in [1.165, 1.54) is 0 Å². The minimum Gasteiger partial charge on any atom is -0.508 e. The third-order valence-electron chi connectivity index (χ3n) is 4.81. The van der Waals surface area contributed by atoms with E-state index in [0.29, 0.717) is 6.42 Å². The van der Waals surface area contributed by atoms with Gasteiger partial charge in [-0.25, -0.2) is 0 Å². The summed E-state index contributed by atoms with van der Waals surface area (Å²) in [5.41, 5.74) is 5.95. The molecule has 0 atom stereocenters. The second kappa shape index (κ2) is 9.11. The third kappa shape index (κ3) is 4.85. The lowest BCUT2D eigenvalue weighted by molar-refractivity contribution is -0.115. The average molecular weight is 387 g/mol. The average Bonchev–Trinajstić information content (AvgIpc) is 2.74. The van der Waals surface area contributed by atoms with Gasteiger partial charge in [-0.05, 0) is 70.7 Å². The summed E-state index contributed by atoms with van der Waals surface area (Å²) in [7, 11) is 0. The number of hydrogen-bond acceptors (Lipinski definition) is 3. The molecule has 3 aromatic carbocycles. The number of carbonyl (C=O) groups is 1. The molecule has 0 heterocycles. The van der Waals surface area contributed by atoms with E-state index in [1.807, 2.05) is 55.5 Å². The normalized spacial score (nSPS) is 11.7. The lowest BCUT2D eigenvalue weighted by atomic mass is 9.88. The minimum atomic E-state index is -0.0228. The summed E-state index contributed by atoms with van der Waals surface area (Å²) in [6.45, 7) is 3.92. The molecule has 0 saturated carbocycles. The zero-order valence-corrected chi connectivity index (χ0v) is 16.6. The zero-order chi connectivity index (χ0) is 20.8. The van der Waals surface area contributed by atoms with E-state index in [9.17, 15) is 15.0 Å². The summed E-state index contributed by atoms with van der Waals surface area (Å²) in [6.07, 6.45) is 1.22. The van der Waals surface area contributed by atoms with E-state index >= 15 is 0 Å². The summed E-state index contributed by atoms with van der Waals surface area (Å²) in [4.78, 5) is 11.7. The van der Waals surface area contributed by atoms with Crippen molar-refractivity contribution in [3.63, 3.8) is 0 Å². The fourth-order valence-corrected chi connectivity index (χ4v) is 3.30. The molecule has 4 heteroatoms. The Hall–Kier alpha value is -3.53. The molecule has 0 spiro atoms. The van der Waals surface area contributed by atoms with Crippen LogP contribution in [0, 0.1) is 0 Å². The Morgan fingerprint density at radius 1 is 0.690 bits per heavy atom. The number of anilines is 1. The molecule has 0 saturated heterocycles. The maximum Gasteiger partial charge on any atom is 0.224 e. The van der Waals surface area contributed by atoms with Crippen molar-refractivity contribution in [3.8, 4) is 11.5 Å². The van der Waals surface area contributed by atoms with Crippen LogP contribution in [-0.2, 0) is 4.79 Å². The van der Waals surface area contributed by atoms with Gasteiger partial charge in [0.1, 0.15) is 11.5 Å². The van der Waals surface area contributed by atoms with Gasteiger partial charge in [-0.2, -0.15) is 0 Å². The quantitative estimate of drug-likeness (QED) is 0.467. The third-order valence-corrected chi connectivity index (χ3v) is 4.81. The highest BCUT2D eigenvalue weighted by Crippen LogP contribution is 2.35. The summed E-state index contributed by atoms with van der Waals surface area (Å²) < 4.78 is 0. The van der Waals surface area contributed by atoms with Gasteiger partial charge in [-0.15, -0.1) is 0 Å². The van der Waals surface area contributed by atoms with Crippen molar-refractivity contribution < 1.29 is 15.0 Å². The van der Waals surface area contributed by atoms with Crippen LogP contribution in [0.2, 0.25) is 0 Å². The molecule has 3 aromatic rings. The predicted octanol–water partition coefficient (Wildman–Crippen LogP) is 5.82. The molecule has 0 fully saturated rings. The van der Waals surface area contributed by atoms with Crippen molar-refractivity contribution in [2.24, 2.45) is 0 Å². The number of phenols is 2. The Labute approximate surface area is 171 Å². The lowest BCUT2D eigenvalue weighted by Gasteiger charge is -2.17. The smallest absolute Gasteiger partial charge is 0.224 e. The highest BCUT2D eigenvalue weighted by atomic mass is 16.3. The number of phenolic OH excluding ortho intramolecular Hbond substituents is 2. The predicted molar refractivity (Wildman–Crippen MR) is 118 cm³/mol. The van der Waals surface area contributed by atoms with Crippen molar-refractivity contribution in [1.82, 2.24) is 0 Å². The highest BCUT2D eigenvalue weighted by Gasteiger charge is 2.13. The van der Waals surface area contributed by atoms with Crippen LogP contribution in [0.1, 0.15) is 43.4 Å². The molecule has 3 rings (SSSR count). The molecule has 0 aliphatic rings. The number of rotatable bonds is 6. The van der Waals surface area contributed by atoms with E-state index in [4.69, 9.17) is 0 Å². The van der Waals surface area contributed by atoms with Gasteiger partial charge in [0.05, 0.1) is 0 Å². The first-order valence-corrected chi connectivity index (χ1v) is 9.74. The van der Waals surface area contributed by atoms with Gasteiger partial charge >= 0.3 is 0 Å². The fraction of sp³-hybridized carbons (Fsp3) is 0.160. The van der Waals surface area contributed by atoms with Gasteiger partial charge in [0.25, 0.3) is 0 Å². The van der Waals surface area contributed by atoms with Gasteiger partial charge in [-0.1, -0.05) is 50.2 Å². The van der Waals surface area contributed by atoms with E-state index in [-0.39, 0.29) is 17.4 Å². The van der Waals surface area contributed by atoms with Crippen LogP contribution < -0.4 is 5.32 Å². The maximum atomic E-state index is 11.7. The molecule has 29 heavy (non-hydrogen) atoms. The standard InChI is InChI=1S/C25H25NO3/c1-3-23(17-7-13-21(27)14-8-17)25(19-9-15-22(28)16-10-19)18-5-11-20(12-6-18)26-24(29)4-2/h5-16,27-28H,3-4H2,1-2H3,(H,26,29)/b25-23+. The van der Waals surface area contributed by atoms with E-state index in [2.05, 4.69) is 12.2 Å². The Balaban J connectivity index is 2.13. The number of nitrogens with one attached hydrogen (secondary N) is 1. The van der Waals surface area contributed by atoms with Crippen LogP contribution in [0.4, 0.5) is 5.69 Å². The number of carbonyl (C=O) groups excluding carboxylic acids is 1. The topological polar surface area (TPSA) is 69.6 Å². The van der Waals surface area contributed by atoms with Crippen LogP contribution in [-0.4, -0.2) is 16.1 Å². The Kier molecular flexibility index (Phi) is 6.35. The molecule has 0 aliphatic carbocycles. The number of amides is 1. The summed E-state index contributed by atoms with van der Waals surface area (Å²) in [6, 6.07) is 22.1. The van der Waals surface area contributed by atoms with Crippen LogP contribution in [0.15, 0.2) is 72.8 Å². The van der Waals surface area contributed by atoms with Crippen LogP contribution >= 0.6 is 0 Å². The molecule has 0 radical (unpaired) electrons. The van der Waals surface area contributed by atoms with Crippen LogP contribution in [0.25, 0.3) is 11.1 Å². The summed E-state index contributed by atoms with van der Waals surface area (Å²) >= 11 is 0. The number of benzene rings is 3. The second-order valence-corrected chi connectivity index (χ2v) is 6.78. The molecule has 0 aromatic heterocycles. The van der Waals surface area contributed by atoms with E-state index < -0.39 is 0 Å². The fourth-order valence-electron chi connectivity index (χ4n) is 3.30. The van der Waals surface area contributed by atoms with Gasteiger partial charge in [-0.3, -0.25) is 4.79 Å². The Morgan fingerprint density at radius 2 is 1.14 bits per heavy atom. The maximum absolute atomic E-state index is 11.7. The zero-order valence-electron chi connectivity index (χ0n) is 16.6. The number of hydrogen-bond donors (Lipinski definition) is 3. The molecule has 0 unspecified atom stereocenters. The Morgan fingerprint density at radius 3 is 1.59 bits per heavy atom. The van der Waals surface area contributed by atoms with Crippen molar-refractivity contribution in [2.75, 3.05) is 5.32 Å². The number of allylic oxidation sites excluding steroid dienone is 1. The molecule has 3 N–H and O–H groups in total. The molecule has 0 bridgehead atoms. The first-order valence-electron chi connectivity index (χ1n) is 9.74. The first-order chi connectivity index (χ1) is 14.0. The van der Waals surface area contributed by atoms with Gasteiger partial charge in [0, 0.05) is 12.1 Å². The van der Waals surface area contributed by atoms with Gasteiger partial charge in [0.15, 0.2) is 0 Å². The number of aromatic hydroxyl groups is 2.